The van der Waals surface area contributed by atoms with E-state index in [4.69, 9.17) is 16.0 Å². The number of aryl methyl sites for hydroxylation is 1. The van der Waals surface area contributed by atoms with Gasteiger partial charge in [0.05, 0.1) is 23.3 Å². The molecule has 3 heterocycles. The molecule has 1 unspecified atom stereocenters. The number of halogens is 3. The molecule has 0 bridgehead atoms. The summed E-state index contributed by atoms with van der Waals surface area (Å²) in [7, 11) is 0. The highest BCUT2D eigenvalue weighted by molar-refractivity contribution is 6.30. The number of hydrogen-bond acceptors (Lipinski definition) is 5. The van der Waals surface area contributed by atoms with Crippen LogP contribution in [0.15, 0.2) is 34.7 Å². The van der Waals surface area contributed by atoms with Crippen molar-refractivity contribution in [1.82, 2.24) is 10.6 Å². The SMILES string of the molecule is Cc1cc2c(N3CC(NC(=O)Nc4ccc(Cl)cc4F)C3)cc(F)c(C3CCC(=O)NC3=O)c2o1. The van der Waals surface area contributed by atoms with E-state index in [0.29, 0.717) is 29.9 Å². The Bertz CT molecular complexity index is 1370. The molecule has 2 aliphatic heterocycles. The minimum atomic E-state index is -0.822. The van der Waals surface area contributed by atoms with E-state index >= 15 is 4.39 Å². The van der Waals surface area contributed by atoms with Gasteiger partial charge in [0.15, 0.2) is 0 Å². The summed E-state index contributed by atoms with van der Waals surface area (Å²) < 4.78 is 35.0. The number of fused-ring (bicyclic) bond motifs is 1. The highest BCUT2D eigenvalue weighted by Crippen LogP contribution is 2.40. The van der Waals surface area contributed by atoms with Gasteiger partial charge in [-0.15, -0.1) is 0 Å². The van der Waals surface area contributed by atoms with Crippen LogP contribution >= 0.6 is 11.6 Å². The van der Waals surface area contributed by atoms with E-state index in [-0.39, 0.29) is 46.6 Å². The maximum atomic E-state index is 15.3. The summed E-state index contributed by atoms with van der Waals surface area (Å²) in [4.78, 5) is 38.0. The van der Waals surface area contributed by atoms with Crippen LogP contribution in [-0.2, 0) is 9.59 Å². The Labute approximate surface area is 203 Å². The van der Waals surface area contributed by atoms with Crippen LogP contribution in [-0.4, -0.2) is 37.0 Å². The van der Waals surface area contributed by atoms with Crippen LogP contribution in [0.5, 0.6) is 0 Å². The molecular formula is C24H21ClF2N4O4. The van der Waals surface area contributed by atoms with Gasteiger partial charge in [0.25, 0.3) is 0 Å². The normalized spacial score (nSPS) is 18.4. The van der Waals surface area contributed by atoms with Crippen LogP contribution < -0.4 is 20.9 Å². The molecule has 2 fully saturated rings. The number of urea groups is 1. The zero-order valence-corrected chi connectivity index (χ0v) is 19.3. The van der Waals surface area contributed by atoms with Gasteiger partial charge in [-0.05, 0) is 43.7 Å². The van der Waals surface area contributed by atoms with E-state index in [1.807, 2.05) is 4.90 Å². The third-order valence-corrected chi connectivity index (χ3v) is 6.46. The first-order valence-electron chi connectivity index (χ1n) is 11.0. The highest BCUT2D eigenvalue weighted by Gasteiger charge is 2.36. The second-order valence-electron chi connectivity index (χ2n) is 8.72. The van der Waals surface area contributed by atoms with E-state index in [0.717, 1.165) is 6.07 Å². The molecule has 0 aliphatic carbocycles. The van der Waals surface area contributed by atoms with E-state index in [2.05, 4.69) is 16.0 Å². The number of furan rings is 1. The number of benzene rings is 2. The molecule has 0 radical (unpaired) electrons. The summed E-state index contributed by atoms with van der Waals surface area (Å²) in [6.07, 6.45) is 0.328. The Hall–Kier alpha value is -3.66. The van der Waals surface area contributed by atoms with Crippen LogP contribution in [0.4, 0.5) is 25.0 Å². The van der Waals surface area contributed by atoms with E-state index in [9.17, 15) is 18.8 Å². The van der Waals surface area contributed by atoms with E-state index < -0.39 is 29.5 Å². The Morgan fingerprint density at radius 2 is 1.94 bits per heavy atom. The first kappa shape index (κ1) is 23.1. The minimum absolute atomic E-state index is 0.00442. The van der Waals surface area contributed by atoms with E-state index in [1.165, 1.54) is 18.2 Å². The molecule has 1 atom stereocenters. The van der Waals surface area contributed by atoms with Crippen molar-refractivity contribution in [3.05, 3.63) is 58.3 Å². The van der Waals surface area contributed by atoms with Crippen LogP contribution in [0.2, 0.25) is 5.02 Å². The number of anilines is 2. The van der Waals surface area contributed by atoms with E-state index in [1.54, 1.807) is 13.0 Å². The van der Waals surface area contributed by atoms with Gasteiger partial charge >= 0.3 is 6.03 Å². The third kappa shape index (κ3) is 4.41. The molecule has 11 heteroatoms. The number of carbonyl (C=O) groups excluding carboxylic acids is 3. The molecule has 5 rings (SSSR count). The number of carbonyl (C=O) groups is 3. The van der Waals surface area contributed by atoms with Crippen LogP contribution in [0.3, 0.4) is 0 Å². The quantitative estimate of drug-likeness (QED) is 0.464. The number of imide groups is 1. The van der Waals surface area contributed by atoms with Crippen LogP contribution in [0, 0.1) is 18.6 Å². The fourth-order valence-corrected chi connectivity index (χ4v) is 4.70. The van der Waals surface area contributed by atoms with Crippen molar-refractivity contribution in [3.8, 4) is 0 Å². The van der Waals surface area contributed by atoms with Gasteiger partial charge in [-0.3, -0.25) is 14.9 Å². The van der Waals surface area contributed by atoms with Crippen molar-refractivity contribution in [2.75, 3.05) is 23.3 Å². The fraction of sp³-hybridized carbons (Fsp3) is 0.292. The number of rotatable bonds is 4. The molecule has 2 saturated heterocycles. The third-order valence-electron chi connectivity index (χ3n) is 6.22. The van der Waals surface area contributed by atoms with Crippen LogP contribution in [0.1, 0.15) is 30.1 Å². The average Bonchev–Trinajstić information content (AvgIpc) is 3.14. The number of nitrogens with one attached hydrogen (secondary N) is 3. The smallest absolute Gasteiger partial charge is 0.319 e. The largest absolute Gasteiger partial charge is 0.461 e. The molecule has 8 nitrogen and oxygen atoms in total. The van der Waals surface area contributed by atoms with Crippen molar-refractivity contribution >= 4 is 51.8 Å². The molecule has 2 aliphatic rings. The summed E-state index contributed by atoms with van der Waals surface area (Å²) in [5.74, 6) is -2.43. The molecule has 2 aromatic carbocycles. The van der Waals surface area contributed by atoms with Gasteiger partial charge in [0.2, 0.25) is 11.8 Å². The number of amides is 4. The molecule has 0 saturated carbocycles. The zero-order chi connectivity index (χ0) is 24.9. The Kier molecular flexibility index (Phi) is 5.84. The first-order valence-corrected chi connectivity index (χ1v) is 11.4. The lowest BCUT2D eigenvalue weighted by Crippen LogP contribution is -2.60. The first-order chi connectivity index (χ1) is 16.7. The maximum Gasteiger partial charge on any atom is 0.319 e. The predicted octanol–water partition coefficient (Wildman–Crippen LogP) is 4.20. The van der Waals surface area contributed by atoms with Crippen molar-refractivity contribution in [3.63, 3.8) is 0 Å². The summed E-state index contributed by atoms with van der Waals surface area (Å²) in [6.45, 7) is 2.52. The van der Waals surface area contributed by atoms with Crippen molar-refractivity contribution in [1.29, 1.82) is 0 Å². The topological polar surface area (TPSA) is 104 Å². The summed E-state index contributed by atoms with van der Waals surface area (Å²) in [5.41, 5.74) is 0.998. The predicted molar refractivity (Wildman–Crippen MR) is 126 cm³/mol. The summed E-state index contributed by atoms with van der Waals surface area (Å²) in [5, 5.41) is 8.33. The van der Waals surface area contributed by atoms with Gasteiger partial charge < -0.3 is 20.0 Å². The molecule has 3 N–H and O–H groups in total. The van der Waals surface area contributed by atoms with Crippen molar-refractivity contribution in [2.24, 2.45) is 0 Å². The molecule has 35 heavy (non-hydrogen) atoms. The zero-order valence-electron chi connectivity index (χ0n) is 18.6. The molecule has 182 valence electrons. The standard InChI is InChI=1S/C24H21ClF2N4O4/c1-11-6-15-19(8-17(27)21(22(15)35-11)14-3-5-20(32)30-23(14)33)31-9-13(10-31)28-24(34)29-18-4-2-12(25)7-16(18)26/h2,4,6-8,13-14H,3,5,9-10H2,1H3,(H2,28,29,34)(H,30,32,33). The van der Waals surface area contributed by atoms with Gasteiger partial charge in [-0.2, -0.15) is 0 Å². The lowest BCUT2D eigenvalue weighted by atomic mass is 9.88. The van der Waals surface area contributed by atoms with Crippen LogP contribution in [0.25, 0.3) is 11.0 Å². The van der Waals surface area contributed by atoms with Gasteiger partial charge in [0, 0.05) is 35.5 Å². The van der Waals surface area contributed by atoms with Crippen molar-refractivity contribution in [2.45, 2.75) is 31.7 Å². The lowest BCUT2D eigenvalue weighted by Gasteiger charge is -2.41. The summed E-state index contributed by atoms with van der Waals surface area (Å²) in [6, 6.07) is 6.26. The number of hydrogen-bond donors (Lipinski definition) is 3. The second-order valence-corrected chi connectivity index (χ2v) is 9.16. The molecular weight excluding hydrogens is 482 g/mol. The fourth-order valence-electron chi connectivity index (χ4n) is 4.55. The number of nitrogens with zero attached hydrogens (tertiary/aromatic N) is 1. The number of piperidine rings is 1. The Balaban J connectivity index is 1.31. The second kappa shape index (κ2) is 8.84. The highest BCUT2D eigenvalue weighted by atomic mass is 35.5. The lowest BCUT2D eigenvalue weighted by molar-refractivity contribution is -0.134. The van der Waals surface area contributed by atoms with Gasteiger partial charge in [-0.25, -0.2) is 13.6 Å². The monoisotopic (exact) mass is 502 g/mol. The molecule has 4 amide bonds. The molecule has 0 spiro atoms. The maximum absolute atomic E-state index is 15.3. The Morgan fingerprint density at radius 3 is 2.66 bits per heavy atom. The summed E-state index contributed by atoms with van der Waals surface area (Å²) >= 11 is 5.72. The van der Waals surface area contributed by atoms with Gasteiger partial charge in [-0.1, -0.05) is 11.6 Å². The van der Waals surface area contributed by atoms with Gasteiger partial charge in [0.1, 0.15) is 23.0 Å². The minimum Gasteiger partial charge on any atom is -0.461 e. The average molecular weight is 503 g/mol. The Morgan fingerprint density at radius 1 is 1.17 bits per heavy atom. The molecule has 1 aromatic heterocycles. The molecule has 3 aromatic rings. The van der Waals surface area contributed by atoms with Crippen molar-refractivity contribution < 1.29 is 27.6 Å².